The first kappa shape index (κ1) is 12.5. The van der Waals surface area contributed by atoms with Crippen molar-refractivity contribution in [2.24, 2.45) is 7.05 Å². The molecule has 7 heteroatoms. The lowest BCUT2D eigenvalue weighted by molar-refractivity contribution is 0.516. The van der Waals surface area contributed by atoms with Gasteiger partial charge in [-0.25, -0.2) is 18.1 Å². The number of hydrogen-bond acceptors (Lipinski definition) is 4. The largest absolute Gasteiger partial charge is 0.339 e. The van der Waals surface area contributed by atoms with Gasteiger partial charge in [0.15, 0.2) is 5.03 Å². The first-order chi connectivity index (χ1) is 8.08. The summed E-state index contributed by atoms with van der Waals surface area (Å²) in [4.78, 5) is 3.87. The molecule has 0 bridgehead atoms. The monoisotopic (exact) mass is 258 g/mol. The SMILES string of the molecule is Cn1cnc(S(=O)(=O)NC2CCCNCC2)c1. The quantitative estimate of drug-likeness (QED) is 0.790. The van der Waals surface area contributed by atoms with Gasteiger partial charge in [0, 0.05) is 19.3 Å². The zero-order chi connectivity index (χ0) is 12.3. The van der Waals surface area contributed by atoms with Crippen LogP contribution in [-0.2, 0) is 17.1 Å². The van der Waals surface area contributed by atoms with Crippen LogP contribution in [-0.4, -0.2) is 37.1 Å². The van der Waals surface area contributed by atoms with E-state index >= 15 is 0 Å². The van der Waals surface area contributed by atoms with Gasteiger partial charge in [0.1, 0.15) is 0 Å². The molecule has 96 valence electrons. The molecule has 0 amide bonds. The van der Waals surface area contributed by atoms with E-state index in [0.717, 1.165) is 32.4 Å². The molecule has 1 unspecified atom stereocenters. The fourth-order valence-electron chi connectivity index (χ4n) is 1.94. The smallest absolute Gasteiger partial charge is 0.259 e. The van der Waals surface area contributed by atoms with Crippen LogP contribution >= 0.6 is 0 Å². The standard InChI is InChI=1S/C10H18N4O2S/c1-14-7-10(12-8-14)17(15,16)13-9-3-2-5-11-6-4-9/h7-9,11,13H,2-6H2,1H3. The van der Waals surface area contributed by atoms with Gasteiger partial charge < -0.3 is 9.88 Å². The number of sulfonamides is 1. The molecule has 0 radical (unpaired) electrons. The summed E-state index contributed by atoms with van der Waals surface area (Å²) in [5, 5.41) is 3.35. The summed E-state index contributed by atoms with van der Waals surface area (Å²) in [6, 6.07) is 0.0111. The van der Waals surface area contributed by atoms with E-state index in [0.29, 0.717) is 0 Å². The molecule has 1 atom stereocenters. The lowest BCUT2D eigenvalue weighted by atomic mass is 10.1. The second-order valence-corrected chi connectivity index (χ2v) is 6.04. The molecule has 2 heterocycles. The molecule has 1 fully saturated rings. The highest BCUT2D eigenvalue weighted by Crippen LogP contribution is 2.10. The van der Waals surface area contributed by atoms with Crippen LogP contribution in [0.15, 0.2) is 17.6 Å². The van der Waals surface area contributed by atoms with Crippen LogP contribution in [0, 0.1) is 0 Å². The summed E-state index contributed by atoms with van der Waals surface area (Å²) in [7, 11) is -1.71. The Morgan fingerprint density at radius 3 is 3.00 bits per heavy atom. The topological polar surface area (TPSA) is 76.0 Å². The molecule has 0 aromatic carbocycles. The second kappa shape index (κ2) is 5.16. The summed E-state index contributed by atoms with van der Waals surface area (Å²) in [6.45, 7) is 1.82. The molecule has 1 saturated heterocycles. The van der Waals surface area contributed by atoms with E-state index in [1.165, 1.54) is 12.5 Å². The van der Waals surface area contributed by atoms with Crippen molar-refractivity contribution in [2.75, 3.05) is 13.1 Å². The van der Waals surface area contributed by atoms with Crippen molar-refractivity contribution in [1.82, 2.24) is 19.6 Å². The van der Waals surface area contributed by atoms with Gasteiger partial charge in [-0.15, -0.1) is 0 Å². The summed E-state index contributed by atoms with van der Waals surface area (Å²) in [5.41, 5.74) is 0. The van der Waals surface area contributed by atoms with Crippen molar-refractivity contribution >= 4 is 10.0 Å². The highest BCUT2D eigenvalue weighted by atomic mass is 32.2. The zero-order valence-corrected chi connectivity index (χ0v) is 10.7. The van der Waals surface area contributed by atoms with Gasteiger partial charge >= 0.3 is 0 Å². The second-order valence-electron chi connectivity index (χ2n) is 4.38. The number of imidazole rings is 1. The fourth-order valence-corrected chi connectivity index (χ4v) is 3.23. The zero-order valence-electron chi connectivity index (χ0n) is 9.89. The van der Waals surface area contributed by atoms with Crippen molar-refractivity contribution in [1.29, 1.82) is 0 Å². The van der Waals surface area contributed by atoms with Gasteiger partial charge in [0.05, 0.1) is 6.33 Å². The predicted molar refractivity (Wildman–Crippen MR) is 64.0 cm³/mol. The first-order valence-corrected chi connectivity index (χ1v) is 7.27. The van der Waals surface area contributed by atoms with Crippen molar-refractivity contribution in [3.05, 3.63) is 12.5 Å². The Balaban J connectivity index is 2.06. The summed E-state index contributed by atoms with van der Waals surface area (Å²) in [6.07, 6.45) is 5.70. The van der Waals surface area contributed by atoms with E-state index in [-0.39, 0.29) is 11.1 Å². The molecule has 2 N–H and O–H groups in total. The molecule has 0 saturated carbocycles. The number of hydrogen-bond donors (Lipinski definition) is 2. The van der Waals surface area contributed by atoms with Crippen molar-refractivity contribution in [2.45, 2.75) is 30.3 Å². The molecule has 1 aliphatic rings. The Labute approximate surface area is 101 Å². The molecule has 6 nitrogen and oxygen atoms in total. The van der Waals surface area contributed by atoms with E-state index in [9.17, 15) is 8.42 Å². The third-order valence-corrected chi connectivity index (χ3v) is 4.26. The minimum Gasteiger partial charge on any atom is -0.339 e. The molecule has 0 spiro atoms. The van der Waals surface area contributed by atoms with E-state index in [2.05, 4.69) is 15.0 Å². The Bertz CT molecular complexity index is 460. The van der Waals surface area contributed by atoms with Crippen LogP contribution in [0.4, 0.5) is 0 Å². The van der Waals surface area contributed by atoms with E-state index < -0.39 is 10.0 Å². The third-order valence-electron chi connectivity index (χ3n) is 2.85. The Kier molecular flexibility index (Phi) is 3.80. The molecular weight excluding hydrogens is 240 g/mol. The van der Waals surface area contributed by atoms with Gasteiger partial charge in [-0.05, 0) is 32.4 Å². The summed E-state index contributed by atoms with van der Waals surface area (Å²) >= 11 is 0. The Morgan fingerprint density at radius 1 is 1.47 bits per heavy atom. The van der Waals surface area contributed by atoms with Crippen LogP contribution in [0.5, 0.6) is 0 Å². The molecule has 0 aliphatic carbocycles. The summed E-state index contributed by atoms with van der Waals surface area (Å²) < 4.78 is 28.4. The lowest BCUT2D eigenvalue weighted by Gasteiger charge is -2.14. The maximum atomic E-state index is 12.0. The molecule has 1 aromatic rings. The highest BCUT2D eigenvalue weighted by Gasteiger charge is 2.22. The average Bonchev–Trinajstić information content (AvgIpc) is 2.55. The first-order valence-electron chi connectivity index (χ1n) is 5.79. The molecule has 2 rings (SSSR count). The minimum atomic E-state index is -3.46. The Morgan fingerprint density at radius 2 is 2.29 bits per heavy atom. The predicted octanol–water partition coefficient (Wildman–Crippen LogP) is -0.159. The molecule has 1 aliphatic heterocycles. The third kappa shape index (κ3) is 3.27. The number of nitrogens with one attached hydrogen (secondary N) is 2. The number of rotatable bonds is 3. The van der Waals surface area contributed by atoms with Crippen molar-refractivity contribution in [3.63, 3.8) is 0 Å². The van der Waals surface area contributed by atoms with E-state index in [1.54, 1.807) is 11.6 Å². The van der Waals surface area contributed by atoms with Crippen LogP contribution in [0.3, 0.4) is 0 Å². The van der Waals surface area contributed by atoms with Crippen molar-refractivity contribution in [3.8, 4) is 0 Å². The highest BCUT2D eigenvalue weighted by molar-refractivity contribution is 7.89. The molecule has 1 aromatic heterocycles. The number of nitrogens with zero attached hydrogens (tertiary/aromatic N) is 2. The van der Waals surface area contributed by atoms with Gasteiger partial charge in [-0.2, -0.15) is 0 Å². The number of aromatic nitrogens is 2. The average molecular weight is 258 g/mol. The van der Waals surface area contributed by atoms with Gasteiger partial charge in [-0.1, -0.05) is 0 Å². The fraction of sp³-hybridized carbons (Fsp3) is 0.700. The van der Waals surface area contributed by atoms with Gasteiger partial charge in [0.2, 0.25) is 0 Å². The minimum absolute atomic E-state index is 0.0111. The van der Waals surface area contributed by atoms with Crippen LogP contribution in [0.25, 0.3) is 0 Å². The summed E-state index contributed by atoms with van der Waals surface area (Å²) in [5.74, 6) is 0. The lowest BCUT2D eigenvalue weighted by Crippen LogP contribution is -2.35. The van der Waals surface area contributed by atoms with Gasteiger partial charge in [0.25, 0.3) is 10.0 Å². The van der Waals surface area contributed by atoms with Crippen LogP contribution < -0.4 is 10.0 Å². The maximum absolute atomic E-state index is 12.0. The molecular formula is C10H18N4O2S. The normalized spacial score (nSPS) is 22.3. The van der Waals surface area contributed by atoms with E-state index in [1.807, 2.05) is 0 Å². The van der Waals surface area contributed by atoms with Gasteiger partial charge in [-0.3, -0.25) is 0 Å². The van der Waals surface area contributed by atoms with E-state index in [4.69, 9.17) is 0 Å². The van der Waals surface area contributed by atoms with Crippen molar-refractivity contribution < 1.29 is 8.42 Å². The van der Waals surface area contributed by atoms with Crippen LogP contribution in [0.1, 0.15) is 19.3 Å². The number of aryl methyl sites for hydroxylation is 1. The Hall–Kier alpha value is -0.920. The maximum Gasteiger partial charge on any atom is 0.259 e. The molecule has 17 heavy (non-hydrogen) atoms. The van der Waals surface area contributed by atoms with Crippen LogP contribution in [0.2, 0.25) is 0 Å².